The smallest absolute Gasteiger partial charge is 0.255 e. The van der Waals surface area contributed by atoms with Crippen molar-refractivity contribution in [3.8, 4) is 28.7 Å². The maximum Gasteiger partial charge on any atom is 0.255 e. The SMILES string of the molecule is CCOc1cc2c(cc1CNC(=O)c1cc(OC)c(OCC(N)=O)c(OC)c1)O[C@@H](C)C2. The number of fused-ring (bicyclic) bond motifs is 1. The van der Waals surface area contributed by atoms with E-state index in [9.17, 15) is 9.59 Å². The van der Waals surface area contributed by atoms with Gasteiger partial charge in [-0.3, -0.25) is 9.59 Å². The molecule has 1 heterocycles. The van der Waals surface area contributed by atoms with Gasteiger partial charge in [-0.05, 0) is 38.1 Å². The second-order valence-electron chi connectivity index (χ2n) is 7.28. The average molecular weight is 444 g/mol. The molecule has 2 aromatic rings. The molecule has 0 aromatic heterocycles. The van der Waals surface area contributed by atoms with E-state index in [1.54, 1.807) is 0 Å². The number of carbonyl (C=O) groups excluding carboxylic acids is 2. The van der Waals surface area contributed by atoms with Crippen molar-refractivity contribution in [3.63, 3.8) is 0 Å². The summed E-state index contributed by atoms with van der Waals surface area (Å²) in [5, 5.41) is 2.89. The minimum absolute atomic E-state index is 0.111. The Morgan fingerprint density at radius 3 is 2.38 bits per heavy atom. The summed E-state index contributed by atoms with van der Waals surface area (Å²) < 4.78 is 27.6. The first-order valence-corrected chi connectivity index (χ1v) is 10.3. The highest BCUT2D eigenvalue weighted by Crippen LogP contribution is 2.39. The van der Waals surface area contributed by atoms with E-state index in [1.807, 2.05) is 26.0 Å². The van der Waals surface area contributed by atoms with Crippen molar-refractivity contribution in [2.24, 2.45) is 5.73 Å². The molecule has 3 N–H and O–H groups in total. The number of hydrogen-bond donors (Lipinski definition) is 2. The van der Waals surface area contributed by atoms with Gasteiger partial charge < -0.3 is 34.7 Å². The van der Waals surface area contributed by atoms with Crippen LogP contribution in [0.1, 0.15) is 35.3 Å². The molecule has 0 aliphatic carbocycles. The van der Waals surface area contributed by atoms with Crippen molar-refractivity contribution in [2.75, 3.05) is 27.4 Å². The largest absolute Gasteiger partial charge is 0.494 e. The summed E-state index contributed by atoms with van der Waals surface area (Å²) in [6, 6.07) is 6.89. The van der Waals surface area contributed by atoms with Crippen LogP contribution in [0.2, 0.25) is 0 Å². The number of nitrogens with one attached hydrogen (secondary N) is 1. The lowest BCUT2D eigenvalue weighted by atomic mass is 10.1. The van der Waals surface area contributed by atoms with Gasteiger partial charge in [0, 0.05) is 29.7 Å². The van der Waals surface area contributed by atoms with Gasteiger partial charge in [-0.1, -0.05) is 0 Å². The molecule has 0 spiro atoms. The van der Waals surface area contributed by atoms with E-state index >= 15 is 0 Å². The van der Waals surface area contributed by atoms with E-state index in [4.69, 9.17) is 29.4 Å². The Morgan fingerprint density at radius 1 is 1.09 bits per heavy atom. The third-order valence-corrected chi connectivity index (χ3v) is 4.90. The molecule has 2 amide bonds. The highest BCUT2D eigenvalue weighted by Gasteiger charge is 2.23. The molecule has 0 unspecified atom stereocenters. The third kappa shape index (κ3) is 5.16. The van der Waals surface area contributed by atoms with Gasteiger partial charge in [0.1, 0.15) is 17.6 Å². The molecule has 1 aliphatic rings. The molecule has 0 saturated heterocycles. The lowest BCUT2D eigenvalue weighted by molar-refractivity contribution is -0.120. The van der Waals surface area contributed by atoms with Crippen molar-refractivity contribution >= 4 is 11.8 Å². The Morgan fingerprint density at radius 2 is 1.78 bits per heavy atom. The van der Waals surface area contributed by atoms with Crippen molar-refractivity contribution in [3.05, 3.63) is 41.0 Å². The Hall–Kier alpha value is -3.62. The third-order valence-electron chi connectivity index (χ3n) is 4.90. The predicted octanol–water partition coefficient (Wildman–Crippen LogP) is 2.22. The molecule has 32 heavy (non-hydrogen) atoms. The first kappa shape index (κ1) is 23.1. The van der Waals surface area contributed by atoms with Gasteiger partial charge in [0.05, 0.1) is 20.8 Å². The van der Waals surface area contributed by atoms with E-state index in [2.05, 4.69) is 5.32 Å². The molecule has 1 aliphatic heterocycles. The summed E-state index contributed by atoms with van der Waals surface area (Å²) >= 11 is 0. The molecule has 0 radical (unpaired) electrons. The first-order chi connectivity index (χ1) is 15.4. The molecule has 9 heteroatoms. The zero-order valence-corrected chi connectivity index (χ0v) is 18.7. The standard InChI is InChI=1S/C23H28N2O7/c1-5-30-17-7-14-6-13(2)32-18(14)10-16(17)11-25-23(27)15-8-19(28-3)22(20(9-15)29-4)31-12-21(24)26/h7-10,13H,5-6,11-12H2,1-4H3,(H2,24,26)(H,25,27)/t13-/m0/s1. The molecule has 3 rings (SSSR count). The van der Waals surface area contributed by atoms with Crippen LogP contribution >= 0.6 is 0 Å². The van der Waals surface area contributed by atoms with E-state index < -0.39 is 5.91 Å². The lowest BCUT2D eigenvalue weighted by Gasteiger charge is -2.16. The van der Waals surface area contributed by atoms with Gasteiger partial charge in [-0.25, -0.2) is 0 Å². The van der Waals surface area contributed by atoms with Crippen LogP contribution in [0.15, 0.2) is 24.3 Å². The zero-order valence-electron chi connectivity index (χ0n) is 18.7. The van der Waals surface area contributed by atoms with Crippen LogP contribution in [0.25, 0.3) is 0 Å². The van der Waals surface area contributed by atoms with Crippen molar-refractivity contribution in [2.45, 2.75) is 32.9 Å². The number of nitrogens with two attached hydrogens (primary N) is 1. The molecule has 9 nitrogen and oxygen atoms in total. The van der Waals surface area contributed by atoms with Crippen molar-refractivity contribution in [1.29, 1.82) is 0 Å². The number of hydrogen-bond acceptors (Lipinski definition) is 7. The fourth-order valence-corrected chi connectivity index (χ4v) is 3.48. The fourth-order valence-electron chi connectivity index (χ4n) is 3.48. The minimum Gasteiger partial charge on any atom is -0.494 e. The first-order valence-electron chi connectivity index (χ1n) is 10.3. The molecule has 1 atom stereocenters. The maximum atomic E-state index is 12.9. The van der Waals surface area contributed by atoms with E-state index in [1.165, 1.54) is 26.4 Å². The van der Waals surface area contributed by atoms with Crippen LogP contribution in [0.4, 0.5) is 0 Å². The highest BCUT2D eigenvalue weighted by molar-refractivity contribution is 5.95. The van der Waals surface area contributed by atoms with Crippen LogP contribution in [0.3, 0.4) is 0 Å². The number of amides is 2. The Balaban J connectivity index is 1.80. The molecule has 2 aromatic carbocycles. The number of carbonyl (C=O) groups is 2. The summed E-state index contributed by atoms with van der Waals surface area (Å²) in [7, 11) is 2.85. The Kier molecular flexibility index (Phi) is 7.29. The molecular weight excluding hydrogens is 416 g/mol. The van der Waals surface area contributed by atoms with E-state index in [-0.39, 0.29) is 42.4 Å². The predicted molar refractivity (Wildman–Crippen MR) is 117 cm³/mol. The zero-order chi connectivity index (χ0) is 23.3. The molecule has 172 valence electrons. The normalized spacial score (nSPS) is 14.2. The second kappa shape index (κ2) is 10.1. The number of primary amides is 1. The van der Waals surface area contributed by atoms with Gasteiger partial charge in [0.15, 0.2) is 18.1 Å². The Labute approximate surface area is 186 Å². The number of benzene rings is 2. The van der Waals surface area contributed by atoms with Gasteiger partial charge in [0.25, 0.3) is 11.8 Å². The number of ether oxygens (including phenoxy) is 5. The summed E-state index contributed by atoms with van der Waals surface area (Å²) in [4.78, 5) is 23.9. The quantitative estimate of drug-likeness (QED) is 0.577. The van der Waals surface area contributed by atoms with Gasteiger partial charge in [0.2, 0.25) is 5.75 Å². The summed E-state index contributed by atoms with van der Waals surface area (Å²) in [5.74, 6) is 1.21. The van der Waals surface area contributed by atoms with Gasteiger partial charge in [-0.2, -0.15) is 0 Å². The molecule has 0 fully saturated rings. The topological polar surface area (TPSA) is 118 Å². The maximum absolute atomic E-state index is 12.9. The van der Waals surface area contributed by atoms with Crippen LogP contribution in [0, 0.1) is 0 Å². The average Bonchev–Trinajstić information content (AvgIpc) is 3.13. The number of methoxy groups -OCH3 is 2. The summed E-state index contributed by atoms with van der Waals surface area (Å²) in [6.45, 7) is 4.33. The van der Waals surface area contributed by atoms with Gasteiger partial charge >= 0.3 is 0 Å². The van der Waals surface area contributed by atoms with Crippen LogP contribution in [0.5, 0.6) is 28.7 Å². The van der Waals surface area contributed by atoms with E-state index in [0.29, 0.717) is 12.2 Å². The van der Waals surface area contributed by atoms with Crippen LogP contribution < -0.4 is 34.7 Å². The second-order valence-corrected chi connectivity index (χ2v) is 7.28. The van der Waals surface area contributed by atoms with Crippen molar-refractivity contribution in [1.82, 2.24) is 5.32 Å². The monoisotopic (exact) mass is 444 g/mol. The summed E-state index contributed by atoms with van der Waals surface area (Å²) in [5.41, 5.74) is 7.35. The summed E-state index contributed by atoms with van der Waals surface area (Å²) in [6.07, 6.45) is 0.936. The highest BCUT2D eigenvalue weighted by atomic mass is 16.5. The fraction of sp³-hybridized carbons (Fsp3) is 0.391. The number of rotatable bonds is 10. The van der Waals surface area contributed by atoms with Gasteiger partial charge in [-0.15, -0.1) is 0 Å². The lowest BCUT2D eigenvalue weighted by Crippen LogP contribution is -2.24. The molecular formula is C23H28N2O7. The van der Waals surface area contributed by atoms with Crippen LogP contribution in [-0.4, -0.2) is 45.4 Å². The molecule has 0 bridgehead atoms. The van der Waals surface area contributed by atoms with Crippen molar-refractivity contribution < 1.29 is 33.3 Å². The van der Waals surface area contributed by atoms with E-state index in [0.717, 1.165) is 29.0 Å². The van der Waals surface area contributed by atoms with Crippen LogP contribution in [-0.2, 0) is 17.8 Å². The minimum atomic E-state index is -0.645. The Bertz CT molecular complexity index is 981. The molecule has 0 saturated carbocycles.